The van der Waals surface area contributed by atoms with E-state index in [0.717, 1.165) is 25.7 Å². The van der Waals surface area contributed by atoms with Gasteiger partial charge in [-0.3, -0.25) is 14.9 Å². The molecule has 1 saturated carbocycles. The van der Waals surface area contributed by atoms with Crippen molar-refractivity contribution in [3.05, 3.63) is 34.4 Å². The van der Waals surface area contributed by atoms with Crippen LogP contribution in [0.2, 0.25) is 0 Å². The highest BCUT2D eigenvalue weighted by Crippen LogP contribution is 2.23. The molecule has 6 heteroatoms. The fourth-order valence-corrected chi connectivity index (χ4v) is 2.85. The van der Waals surface area contributed by atoms with Gasteiger partial charge in [0.05, 0.1) is 17.6 Å². The average molecular weight is 320 g/mol. The third-order valence-corrected chi connectivity index (χ3v) is 4.14. The molecular weight excluding hydrogens is 296 g/mol. The molecule has 1 fully saturated rings. The van der Waals surface area contributed by atoms with Gasteiger partial charge in [0.15, 0.2) is 0 Å². The van der Waals surface area contributed by atoms with Crippen molar-refractivity contribution in [2.45, 2.75) is 44.9 Å². The van der Waals surface area contributed by atoms with E-state index in [1.165, 1.54) is 25.0 Å². The van der Waals surface area contributed by atoms with Crippen LogP contribution in [-0.2, 0) is 4.79 Å². The van der Waals surface area contributed by atoms with Crippen LogP contribution in [0.25, 0.3) is 0 Å². The van der Waals surface area contributed by atoms with Crippen LogP contribution in [0.4, 0.5) is 5.69 Å². The zero-order chi connectivity index (χ0) is 16.5. The Kier molecular flexibility index (Phi) is 6.84. The van der Waals surface area contributed by atoms with E-state index >= 15 is 0 Å². The van der Waals surface area contributed by atoms with Gasteiger partial charge in [0.25, 0.3) is 5.69 Å². The lowest BCUT2D eigenvalue weighted by Crippen LogP contribution is -2.31. The van der Waals surface area contributed by atoms with E-state index in [2.05, 4.69) is 5.32 Å². The number of hydrogen-bond donors (Lipinski definition) is 1. The second-order valence-electron chi connectivity index (χ2n) is 5.94. The number of nitrogens with one attached hydrogen (secondary N) is 1. The zero-order valence-electron chi connectivity index (χ0n) is 13.3. The smallest absolute Gasteiger partial charge is 0.273 e. The van der Waals surface area contributed by atoms with Gasteiger partial charge in [0, 0.05) is 18.5 Å². The highest BCUT2D eigenvalue weighted by molar-refractivity contribution is 5.78. The Balaban J connectivity index is 1.64. The fraction of sp³-hybridized carbons (Fsp3) is 0.588. The first-order chi connectivity index (χ1) is 11.2. The number of nitrogens with zero attached hydrogens (tertiary/aromatic N) is 1. The molecule has 1 N–H and O–H groups in total. The van der Waals surface area contributed by atoms with Crippen LogP contribution >= 0.6 is 0 Å². The van der Waals surface area contributed by atoms with Crippen LogP contribution in [0.15, 0.2) is 24.3 Å². The van der Waals surface area contributed by atoms with Crippen molar-refractivity contribution in [3.63, 3.8) is 0 Å². The Morgan fingerprint density at radius 3 is 2.70 bits per heavy atom. The average Bonchev–Trinajstić information content (AvgIpc) is 2.84. The van der Waals surface area contributed by atoms with Crippen LogP contribution in [0.5, 0.6) is 5.75 Å². The summed E-state index contributed by atoms with van der Waals surface area (Å²) in [5.41, 5.74) is 0.0177. The summed E-state index contributed by atoms with van der Waals surface area (Å²) in [6.45, 7) is 0.996. The standard InChI is InChI=1S/C17H24N2O4/c20-17(14-7-3-1-2-4-8-14)18-11-6-12-23-16-10-5-9-15(13-16)19(21)22/h5,9-10,13-14H,1-4,6-8,11-12H2,(H,18,20). The van der Waals surface area contributed by atoms with Gasteiger partial charge in [-0.25, -0.2) is 0 Å². The number of nitro groups is 1. The van der Waals surface area contributed by atoms with Gasteiger partial charge >= 0.3 is 0 Å². The van der Waals surface area contributed by atoms with Gasteiger partial charge in [-0.2, -0.15) is 0 Å². The molecule has 0 unspecified atom stereocenters. The molecular formula is C17H24N2O4. The van der Waals surface area contributed by atoms with E-state index in [9.17, 15) is 14.9 Å². The molecule has 0 saturated heterocycles. The van der Waals surface area contributed by atoms with Gasteiger partial charge in [-0.05, 0) is 25.3 Å². The van der Waals surface area contributed by atoms with E-state index in [0.29, 0.717) is 25.3 Å². The zero-order valence-corrected chi connectivity index (χ0v) is 13.3. The maximum absolute atomic E-state index is 12.1. The number of ether oxygens (including phenoxy) is 1. The van der Waals surface area contributed by atoms with E-state index in [1.54, 1.807) is 12.1 Å². The maximum atomic E-state index is 12.1. The van der Waals surface area contributed by atoms with Gasteiger partial charge in [0.1, 0.15) is 5.75 Å². The highest BCUT2D eigenvalue weighted by atomic mass is 16.6. The van der Waals surface area contributed by atoms with E-state index in [4.69, 9.17) is 4.74 Å². The molecule has 0 aliphatic heterocycles. The second-order valence-corrected chi connectivity index (χ2v) is 5.94. The van der Waals surface area contributed by atoms with Gasteiger partial charge in [0.2, 0.25) is 5.91 Å². The van der Waals surface area contributed by atoms with Crippen molar-refractivity contribution in [2.24, 2.45) is 5.92 Å². The Hall–Kier alpha value is -2.11. The highest BCUT2D eigenvalue weighted by Gasteiger charge is 2.19. The molecule has 0 aromatic heterocycles. The molecule has 1 aliphatic carbocycles. The third kappa shape index (κ3) is 5.88. The molecule has 0 heterocycles. The fourth-order valence-electron chi connectivity index (χ4n) is 2.85. The number of amides is 1. The number of hydrogen-bond acceptors (Lipinski definition) is 4. The number of non-ortho nitro benzene ring substituents is 1. The molecule has 0 spiro atoms. The van der Waals surface area contributed by atoms with Crippen LogP contribution < -0.4 is 10.1 Å². The van der Waals surface area contributed by atoms with Crippen LogP contribution in [0.1, 0.15) is 44.9 Å². The summed E-state index contributed by atoms with van der Waals surface area (Å²) in [6, 6.07) is 6.13. The Morgan fingerprint density at radius 2 is 2.00 bits per heavy atom. The first-order valence-corrected chi connectivity index (χ1v) is 8.32. The van der Waals surface area contributed by atoms with Gasteiger partial charge in [-0.1, -0.05) is 31.7 Å². The van der Waals surface area contributed by atoms with Crippen LogP contribution in [0.3, 0.4) is 0 Å². The van der Waals surface area contributed by atoms with E-state index < -0.39 is 4.92 Å². The lowest BCUT2D eigenvalue weighted by Gasteiger charge is -2.14. The maximum Gasteiger partial charge on any atom is 0.273 e. The lowest BCUT2D eigenvalue weighted by molar-refractivity contribution is -0.384. The van der Waals surface area contributed by atoms with E-state index in [-0.39, 0.29) is 17.5 Å². The molecule has 2 rings (SSSR count). The molecule has 23 heavy (non-hydrogen) atoms. The molecule has 0 bridgehead atoms. The molecule has 1 aromatic rings. The number of carbonyl (C=O) groups is 1. The summed E-state index contributed by atoms with van der Waals surface area (Å²) in [5.74, 6) is 0.798. The monoisotopic (exact) mass is 320 g/mol. The van der Waals surface area contributed by atoms with Crippen molar-refractivity contribution in [1.29, 1.82) is 0 Å². The third-order valence-electron chi connectivity index (χ3n) is 4.14. The summed E-state index contributed by atoms with van der Waals surface area (Å²) in [6.07, 6.45) is 7.44. The Labute approximate surface area is 136 Å². The number of nitro benzene ring substituents is 1. The molecule has 126 valence electrons. The van der Waals surface area contributed by atoms with Crippen molar-refractivity contribution >= 4 is 11.6 Å². The molecule has 6 nitrogen and oxygen atoms in total. The predicted octanol–water partition coefficient (Wildman–Crippen LogP) is 3.45. The quantitative estimate of drug-likeness (QED) is 0.361. The topological polar surface area (TPSA) is 81.5 Å². The van der Waals surface area contributed by atoms with Crippen molar-refractivity contribution in [3.8, 4) is 5.75 Å². The van der Waals surface area contributed by atoms with Crippen molar-refractivity contribution in [1.82, 2.24) is 5.32 Å². The molecule has 1 amide bonds. The SMILES string of the molecule is O=C(NCCCOc1cccc([N+](=O)[O-])c1)C1CCCCCC1. The largest absolute Gasteiger partial charge is 0.493 e. The number of benzene rings is 1. The molecule has 0 atom stereocenters. The second kappa shape index (κ2) is 9.12. The van der Waals surface area contributed by atoms with Crippen LogP contribution in [0, 0.1) is 16.0 Å². The van der Waals surface area contributed by atoms with Crippen molar-refractivity contribution in [2.75, 3.05) is 13.2 Å². The summed E-state index contributed by atoms with van der Waals surface area (Å²) < 4.78 is 5.49. The number of carbonyl (C=O) groups excluding carboxylic acids is 1. The molecule has 1 aliphatic rings. The van der Waals surface area contributed by atoms with Gasteiger partial charge in [-0.15, -0.1) is 0 Å². The number of rotatable bonds is 7. The Bertz CT molecular complexity index is 525. The van der Waals surface area contributed by atoms with E-state index in [1.807, 2.05) is 0 Å². The summed E-state index contributed by atoms with van der Waals surface area (Å²) >= 11 is 0. The van der Waals surface area contributed by atoms with Crippen LogP contribution in [-0.4, -0.2) is 24.0 Å². The summed E-state index contributed by atoms with van der Waals surface area (Å²) in [4.78, 5) is 22.3. The van der Waals surface area contributed by atoms with Crippen molar-refractivity contribution < 1.29 is 14.5 Å². The van der Waals surface area contributed by atoms with Gasteiger partial charge < -0.3 is 10.1 Å². The summed E-state index contributed by atoms with van der Waals surface area (Å²) in [5, 5.41) is 13.7. The Morgan fingerprint density at radius 1 is 1.26 bits per heavy atom. The lowest BCUT2D eigenvalue weighted by atomic mass is 9.99. The minimum atomic E-state index is -0.445. The normalized spacial score (nSPS) is 15.7. The first kappa shape index (κ1) is 17.2. The molecule has 0 radical (unpaired) electrons. The summed E-state index contributed by atoms with van der Waals surface area (Å²) in [7, 11) is 0. The first-order valence-electron chi connectivity index (χ1n) is 8.32. The minimum absolute atomic E-state index is 0.0177. The minimum Gasteiger partial charge on any atom is -0.493 e. The predicted molar refractivity (Wildman–Crippen MR) is 87.4 cm³/mol. The molecule has 1 aromatic carbocycles.